The topological polar surface area (TPSA) is 67.9 Å². The van der Waals surface area contributed by atoms with Gasteiger partial charge in [-0.3, -0.25) is 10.1 Å². The van der Waals surface area contributed by atoms with Crippen LogP contribution in [-0.2, 0) is 14.3 Å². The fourth-order valence-corrected chi connectivity index (χ4v) is 1.41. The average molecular weight is 230 g/mol. The van der Waals surface area contributed by atoms with Crippen molar-refractivity contribution in [2.45, 2.75) is 12.8 Å². The Morgan fingerprint density at radius 1 is 1.31 bits per heavy atom. The van der Waals surface area contributed by atoms with Gasteiger partial charge in [0.25, 0.3) is 0 Å². The molecule has 1 aliphatic heterocycles. The van der Waals surface area contributed by atoms with Crippen LogP contribution in [0, 0.1) is 0 Å². The van der Waals surface area contributed by atoms with E-state index in [4.69, 9.17) is 9.47 Å². The molecule has 0 atom stereocenters. The molecule has 1 fully saturated rings. The van der Waals surface area contributed by atoms with Gasteiger partial charge in [-0.15, -0.1) is 0 Å². The molecule has 92 valence electrons. The lowest BCUT2D eigenvalue weighted by molar-refractivity contribution is -0.121. The van der Waals surface area contributed by atoms with Crippen LogP contribution in [-0.4, -0.2) is 56.9 Å². The van der Waals surface area contributed by atoms with E-state index >= 15 is 0 Å². The van der Waals surface area contributed by atoms with Crippen molar-refractivity contribution in [3.63, 3.8) is 0 Å². The number of nitrogens with zero attached hydrogens (tertiary/aromatic N) is 1. The maximum Gasteiger partial charge on any atom is 0.324 e. The van der Waals surface area contributed by atoms with Gasteiger partial charge in [0.2, 0.25) is 5.91 Å². The Hall–Kier alpha value is -1.14. The second-order valence-corrected chi connectivity index (χ2v) is 3.55. The molecule has 1 rings (SSSR count). The van der Waals surface area contributed by atoms with Gasteiger partial charge in [0.15, 0.2) is 0 Å². The lowest BCUT2D eigenvalue weighted by Crippen LogP contribution is -2.49. The molecule has 1 N–H and O–H groups in total. The van der Waals surface area contributed by atoms with Crippen LogP contribution in [0.3, 0.4) is 0 Å². The minimum absolute atomic E-state index is 0.197. The smallest absolute Gasteiger partial charge is 0.324 e. The number of carbonyl (C=O) groups excluding carboxylic acids is 2. The molecular formula is C10H18N2O4. The molecule has 1 saturated heterocycles. The molecule has 0 aromatic carbocycles. The summed E-state index contributed by atoms with van der Waals surface area (Å²) in [6.07, 6.45) is 1.15. The first-order valence-electron chi connectivity index (χ1n) is 5.39. The van der Waals surface area contributed by atoms with E-state index in [1.165, 1.54) is 0 Å². The normalized spacial score (nSPS) is 16.4. The SMILES string of the molecule is COCCOCCCN1CCC(=O)NC1=O. The molecule has 0 aromatic heterocycles. The molecule has 6 nitrogen and oxygen atoms in total. The maximum atomic E-state index is 11.3. The van der Waals surface area contributed by atoms with Gasteiger partial charge < -0.3 is 14.4 Å². The molecule has 0 saturated carbocycles. The number of amides is 3. The van der Waals surface area contributed by atoms with Crippen molar-refractivity contribution in [1.82, 2.24) is 10.2 Å². The van der Waals surface area contributed by atoms with Crippen molar-refractivity contribution in [3.8, 4) is 0 Å². The summed E-state index contributed by atoms with van der Waals surface area (Å²) < 4.78 is 10.1. The number of hydrogen-bond acceptors (Lipinski definition) is 4. The number of methoxy groups -OCH3 is 1. The lowest BCUT2D eigenvalue weighted by Gasteiger charge is -2.26. The van der Waals surface area contributed by atoms with Crippen LogP contribution in [0.1, 0.15) is 12.8 Å². The quantitative estimate of drug-likeness (QED) is 0.624. The summed E-state index contributed by atoms with van der Waals surface area (Å²) in [6.45, 7) is 2.87. The zero-order valence-corrected chi connectivity index (χ0v) is 9.53. The van der Waals surface area contributed by atoms with Gasteiger partial charge in [-0.1, -0.05) is 0 Å². The molecule has 0 spiro atoms. The Labute approximate surface area is 94.9 Å². The van der Waals surface area contributed by atoms with Crippen molar-refractivity contribution < 1.29 is 19.1 Å². The van der Waals surface area contributed by atoms with Crippen LogP contribution in [0.15, 0.2) is 0 Å². The van der Waals surface area contributed by atoms with Crippen molar-refractivity contribution in [2.75, 3.05) is 40.0 Å². The Morgan fingerprint density at radius 2 is 2.12 bits per heavy atom. The summed E-state index contributed by atoms with van der Waals surface area (Å²) in [5.41, 5.74) is 0. The van der Waals surface area contributed by atoms with Gasteiger partial charge in [0.1, 0.15) is 0 Å². The zero-order valence-electron chi connectivity index (χ0n) is 9.53. The standard InChI is InChI=1S/C10H18N2O4/c1-15-7-8-16-6-2-4-12-5-3-9(13)11-10(12)14/h2-8H2,1H3,(H,11,13,14). The lowest BCUT2D eigenvalue weighted by atomic mass is 10.3. The summed E-state index contributed by atoms with van der Waals surface area (Å²) in [6, 6.07) is -0.298. The maximum absolute atomic E-state index is 11.3. The highest BCUT2D eigenvalue weighted by molar-refractivity contribution is 5.96. The third kappa shape index (κ3) is 4.59. The molecule has 1 aliphatic rings. The van der Waals surface area contributed by atoms with Crippen LogP contribution < -0.4 is 5.32 Å². The number of hydrogen-bond donors (Lipinski definition) is 1. The molecule has 3 amide bonds. The van der Waals surface area contributed by atoms with Crippen LogP contribution in [0.4, 0.5) is 4.79 Å². The van der Waals surface area contributed by atoms with Gasteiger partial charge in [-0.25, -0.2) is 4.79 Å². The van der Waals surface area contributed by atoms with Crippen LogP contribution in [0.5, 0.6) is 0 Å². The minimum Gasteiger partial charge on any atom is -0.382 e. The van der Waals surface area contributed by atoms with E-state index in [0.717, 1.165) is 6.42 Å². The van der Waals surface area contributed by atoms with Gasteiger partial charge in [0, 0.05) is 33.2 Å². The van der Waals surface area contributed by atoms with Crippen LogP contribution >= 0.6 is 0 Å². The highest BCUT2D eigenvalue weighted by Gasteiger charge is 2.21. The second-order valence-electron chi connectivity index (χ2n) is 3.55. The molecule has 0 unspecified atom stereocenters. The summed E-state index contributed by atoms with van der Waals surface area (Å²) in [5, 5.41) is 2.28. The monoisotopic (exact) mass is 230 g/mol. The van der Waals surface area contributed by atoms with Crippen molar-refractivity contribution in [3.05, 3.63) is 0 Å². The number of ether oxygens (including phenoxy) is 2. The third-order valence-electron chi connectivity index (χ3n) is 2.29. The van der Waals surface area contributed by atoms with E-state index in [-0.39, 0.29) is 11.9 Å². The van der Waals surface area contributed by atoms with E-state index < -0.39 is 0 Å². The fourth-order valence-electron chi connectivity index (χ4n) is 1.41. The first kappa shape index (κ1) is 12.9. The highest BCUT2D eigenvalue weighted by atomic mass is 16.5. The molecule has 0 radical (unpaired) electrons. The summed E-state index contributed by atoms with van der Waals surface area (Å²) in [4.78, 5) is 23.8. The van der Waals surface area contributed by atoms with Crippen LogP contribution in [0.2, 0.25) is 0 Å². The molecular weight excluding hydrogens is 212 g/mol. The summed E-state index contributed by atoms with van der Waals surface area (Å²) >= 11 is 0. The van der Waals surface area contributed by atoms with Gasteiger partial charge >= 0.3 is 6.03 Å². The Balaban J connectivity index is 2.04. The number of urea groups is 1. The number of rotatable bonds is 7. The third-order valence-corrected chi connectivity index (χ3v) is 2.29. The zero-order chi connectivity index (χ0) is 11.8. The van der Waals surface area contributed by atoms with Crippen molar-refractivity contribution in [2.24, 2.45) is 0 Å². The summed E-state index contributed by atoms with van der Waals surface area (Å²) in [7, 11) is 1.62. The van der Waals surface area contributed by atoms with Crippen molar-refractivity contribution in [1.29, 1.82) is 0 Å². The highest BCUT2D eigenvalue weighted by Crippen LogP contribution is 2.01. The molecule has 0 bridgehead atoms. The average Bonchev–Trinajstić information content (AvgIpc) is 2.26. The van der Waals surface area contributed by atoms with E-state index in [0.29, 0.717) is 39.3 Å². The van der Waals surface area contributed by atoms with Crippen molar-refractivity contribution >= 4 is 11.9 Å². The van der Waals surface area contributed by atoms with E-state index in [1.54, 1.807) is 12.0 Å². The summed E-state index contributed by atoms with van der Waals surface area (Å²) in [5.74, 6) is -0.197. The van der Waals surface area contributed by atoms with E-state index in [9.17, 15) is 9.59 Å². The van der Waals surface area contributed by atoms with Gasteiger partial charge in [-0.05, 0) is 6.42 Å². The van der Waals surface area contributed by atoms with Crippen LogP contribution in [0.25, 0.3) is 0 Å². The number of nitrogens with one attached hydrogen (secondary N) is 1. The number of imide groups is 1. The second kappa shape index (κ2) is 7.19. The largest absolute Gasteiger partial charge is 0.382 e. The molecule has 0 aromatic rings. The predicted octanol–water partition coefficient (Wildman–Crippen LogP) is -0.0186. The Morgan fingerprint density at radius 3 is 2.81 bits per heavy atom. The van der Waals surface area contributed by atoms with Gasteiger partial charge in [-0.2, -0.15) is 0 Å². The predicted molar refractivity (Wildman–Crippen MR) is 57.0 cm³/mol. The fraction of sp³-hybridized carbons (Fsp3) is 0.800. The van der Waals surface area contributed by atoms with Gasteiger partial charge in [0.05, 0.1) is 13.2 Å². The Bertz CT molecular complexity index is 245. The molecule has 0 aliphatic carbocycles. The molecule has 6 heteroatoms. The molecule has 1 heterocycles. The first-order chi connectivity index (χ1) is 7.74. The number of carbonyl (C=O) groups is 2. The molecule has 16 heavy (non-hydrogen) atoms. The van der Waals surface area contributed by atoms with E-state index in [1.807, 2.05) is 0 Å². The Kier molecular flexibility index (Phi) is 5.81. The first-order valence-corrected chi connectivity index (χ1v) is 5.39. The van der Waals surface area contributed by atoms with E-state index in [2.05, 4.69) is 5.32 Å². The minimum atomic E-state index is -0.298.